The van der Waals surface area contributed by atoms with Gasteiger partial charge in [-0.05, 0) is 68.4 Å². The first kappa shape index (κ1) is 16.8. The van der Waals surface area contributed by atoms with Crippen LogP contribution in [0.5, 0.6) is 0 Å². The Labute approximate surface area is 130 Å². The van der Waals surface area contributed by atoms with E-state index in [-0.39, 0.29) is 0 Å². The molecule has 122 valence electrons. The molecule has 0 aromatic heterocycles. The van der Waals surface area contributed by atoms with Gasteiger partial charge in [0.25, 0.3) is 0 Å². The lowest BCUT2D eigenvalue weighted by Gasteiger charge is -2.50. The van der Waals surface area contributed by atoms with Crippen molar-refractivity contribution in [1.29, 1.82) is 0 Å². The van der Waals surface area contributed by atoms with Crippen molar-refractivity contribution in [1.82, 2.24) is 4.90 Å². The Morgan fingerprint density at radius 1 is 1.10 bits per heavy atom. The van der Waals surface area contributed by atoms with Gasteiger partial charge in [0.2, 0.25) is 0 Å². The molecule has 2 aliphatic rings. The van der Waals surface area contributed by atoms with E-state index >= 15 is 0 Å². The van der Waals surface area contributed by atoms with Crippen molar-refractivity contribution in [3.8, 4) is 0 Å². The minimum atomic E-state index is -0.645. The van der Waals surface area contributed by atoms with Crippen LogP contribution in [0, 0.1) is 16.7 Å². The van der Waals surface area contributed by atoms with E-state index in [0.29, 0.717) is 23.2 Å². The Morgan fingerprint density at radius 2 is 1.62 bits per heavy atom. The van der Waals surface area contributed by atoms with Crippen molar-refractivity contribution in [2.75, 3.05) is 13.1 Å². The lowest BCUT2D eigenvalue weighted by Crippen LogP contribution is -2.49. The van der Waals surface area contributed by atoms with Gasteiger partial charge in [-0.1, -0.05) is 27.7 Å². The van der Waals surface area contributed by atoms with Crippen LogP contribution in [0.25, 0.3) is 0 Å². The maximum atomic E-state index is 10.7. The average Bonchev–Trinajstić information content (AvgIpc) is 2.33. The fourth-order valence-electron chi connectivity index (χ4n) is 4.98. The highest BCUT2D eigenvalue weighted by atomic mass is 16.4. The van der Waals surface area contributed by atoms with Gasteiger partial charge in [-0.3, -0.25) is 4.79 Å². The van der Waals surface area contributed by atoms with E-state index in [1.54, 1.807) is 0 Å². The monoisotopic (exact) mass is 295 g/mol. The maximum Gasteiger partial charge on any atom is 0.303 e. The molecule has 1 N–H and O–H groups in total. The second-order valence-corrected chi connectivity index (χ2v) is 8.98. The molecular formula is C18H33NO2. The minimum absolute atomic E-state index is 0.341. The molecular weight excluding hydrogens is 262 g/mol. The number of carboxylic acid groups (broad SMARTS) is 1. The molecule has 0 spiro atoms. The van der Waals surface area contributed by atoms with Gasteiger partial charge < -0.3 is 10.0 Å². The first-order valence-electron chi connectivity index (χ1n) is 8.63. The Morgan fingerprint density at radius 3 is 2.10 bits per heavy atom. The van der Waals surface area contributed by atoms with Crippen molar-refractivity contribution >= 4 is 5.97 Å². The third kappa shape index (κ3) is 4.98. The molecule has 0 unspecified atom stereocenters. The molecule has 0 radical (unpaired) electrons. The summed E-state index contributed by atoms with van der Waals surface area (Å²) in [5, 5.41) is 8.80. The van der Waals surface area contributed by atoms with Crippen molar-refractivity contribution < 1.29 is 9.90 Å². The fraction of sp³-hybridized carbons (Fsp3) is 0.944. The summed E-state index contributed by atoms with van der Waals surface area (Å²) >= 11 is 0. The van der Waals surface area contributed by atoms with Gasteiger partial charge in [0, 0.05) is 12.5 Å². The predicted molar refractivity (Wildman–Crippen MR) is 86.4 cm³/mol. The van der Waals surface area contributed by atoms with Crippen molar-refractivity contribution in [2.45, 2.75) is 78.7 Å². The number of carbonyl (C=O) groups is 1. The first-order valence-corrected chi connectivity index (χ1v) is 8.63. The average molecular weight is 295 g/mol. The molecule has 21 heavy (non-hydrogen) atoms. The minimum Gasteiger partial charge on any atom is -0.481 e. The SMILES string of the molecule is CC1(C)CC(N2CCC(CCC(=O)O)CC2)CC(C)(C)C1. The zero-order valence-corrected chi connectivity index (χ0v) is 14.3. The molecule has 3 heteroatoms. The molecule has 0 bridgehead atoms. The van der Waals surface area contributed by atoms with Crippen molar-refractivity contribution in [3.63, 3.8) is 0 Å². The topological polar surface area (TPSA) is 40.5 Å². The number of hydrogen-bond donors (Lipinski definition) is 1. The highest BCUT2D eigenvalue weighted by Crippen LogP contribution is 2.47. The van der Waals surface area contributed by atoms with Gasteiger partial charge in [0.05, 0.1) is 0 Å². The van der Waals surface area contributed by atoms with Crippen LogP contribution in [-0.2, 0) is 4.79 Å². The number of hydrogen-bond acceptors (Lipinski definition) is 2. The van der Waals surface area contributed by atoms with E-state index < -0.39 is 5.97 Å². The zero-order chi connectivity index (χ0) is 15.7. The number of likely N-dealkylation sites (tertiary alicyclic amines) is 1. The number of piperidine rings is 1. The quantitative estimate of drug-likeness (QED) is 0.846. The summed E-state index contributed by atoms with van der Waals surface area (Å²) in [6.07, 6.45) is 7.53. The molecule has 3 nitrogen and oxygen atoms in total. The molecule has 0 amide bonds. The van der Waals surface area contributed by atoms with E-state index in [4.69, 9.17) is 5.11 Å². The van der Waals surface area contributed by atoms with E-state index in [2.05, 4.69) is 32.6 Å². The van der Waals surface area contributed by atoms with Crippen LogP contribution in [-0.4, -0.2) is 35.1 Å². The molecule has 0 aromatic carbocycles. The van der Waals surface area contributed by atoms with Crippen LogP contribution in [0.2, 0.25) is 0 Å². The highest BCUT2D eigenvalue weighted by molar-refractivity contribution is 5.66. The summed E-state index contributed by atoms with van der Waals surface area (Å²) in [6, 6.07) is 0.726. The molecule has 0 atom stereocenters. The molecule has 2 rings (SSSR count). The first-order chi connectivity index (χ1) is 9.67. The highest BCUT2D eigenvalue weighted by Gasteiger charge is 2.41. The van der Waals surface area contributed by atoms with Gasteiger partial charge in [0.15, 0.2) is 0 Å². The van der Waals surface area contributed by atoms with E-state index in [1.165, 1.54) is 45.2 Å². The van der Waals surface area contributed by atoms with Gasteiger partial charge in [0.1, 0.15) is 0 Å². The van der Waals surface area contributed by atoms with Crippen LogP contribution in [0.3, 0.4) is 0 Å². The summed E-state index contributed by atoms with van der Waals surface area (Å²) in [5.41, 5.74) is 0.902. The number of aliphatic carboxylic acids is 1. The van der Waals surface area contributed by atoms with Crippen LogP contribution < -0.4 is 0 Å². The summed E-state index contributed by atoms with van der Waals surface area (Å²) < 4.78 is 0. The molecule has 1 saturated heterocycles. The molecule has 1 aliphatic carbocycles. The summed E-state index contributed by atoms with van der Waals surface area (Å²) in [7, 11) is 0. The smallest absolute Gasteiger partial charge is 0.303 e. The lowest BCUT2D eigenvalue weighted by atomic mass is 9.63. The molecule has 0 aromatic rings. The second kappa shape index (κ2) is 6.28. The van der Waals surface area contributed by atoms with Gasteiger partial charge in [-0.2, -0.15) is 0 Å². The van der Waals surface area contributed by atoms with Crippen LogP contribution in [0.1, 0.15) is 72.6 Å². The number of carboxylic acids is 1. The Kier molecular flexibility index (Phi) is 5.02. The molecule has 1 saturated carbocycles. The molecule has 1 heterocycles. The van der Waals surface area contributed by atoms with E-state index in [9.17, 15) is 4.79 Å². The largest absolute Gasteiger partial charge is 0.481 e. The van der Waals surface area contributed by atoms with Crippen LogP contribution >= 0.6 is 0 Å². The van der Waals surface area contributed by atoms with Crippen molar-refractivity contribution in [2.24, 2.45) is 16.7 Å². The van der Waals surface area contributed by atoms with Gasteiger partial charge >= 0.3 is 5.97 Å². The molecule has 1 aliphatic heterocycles. The Bertz CT molecular complexity index is 351. The standard InChI is InChI=1S/C18H33NO2/c1-17(2)11-15(12-18(3,4)13-17)19-9-7-14(8-10-19)5-6-16(20)21/h14-15H,5-13H2,1-4H3,(H,20,21). The number of rotatable bonds is 4. The maximum absolute atomic E-state index is 10.7. The van der Waals surface area contributed by atoms with Crippen LogP contribution in [0.4, 0.5) is 0 Å². The number of nitrogens with zero attached hydrogens (tertiary/aromatic N) is 1. The Hall–Kier alpha value is -0.570. The summed E-state index contributed by atoms with van der Waals surface area (Å²) in [5.74, 6) is -0.0184. The predicted octanol–water partition coefficient (Wildman–Crippen LogP) is 4.17. The van der Waals surface area contributed by atoms with Gasteiger partial charge in [-0.15, -0.1) is 0 Å². The lowest BCUT2D eigenvalue weighted by molar-refractivity contribution is -0.137. The van der Waals surface area contributed by atoms with Gasteiger partial charge in [-0.25, -0.2) is 0 Å². The summed E-state index contributed by atoms with van der Waals surface area (Å²) in [6.45, 7) is 12.0. The normalized spacial score (nSPS) is 27.6. The van der Waals surface area contributed by atoms with Crippen LogP contribution in [0.15, 0.2) is 0 Å². The third-order valence-electron chi connectivity index (χ3n) is 5.47. The Balaban J connectivity index is 1.85. The fourth-order valence-corrected chi connectivity index (χ4v) is 4.98. The second-order valence-electron chi connectivity index (χ2n) is 8.98. The molecule has 2 fully saturated rings. The third-order valence-corrected chi connectivity index (χ3v) is 5.47. The summed E-state index contributed by atoms with van der Waals surface area (Å²) in [4.78, 5) is 13.4. The zero-order valence-electron chi connectivity index (χ0n) is 14.3. The van der Waals surface area contributed by atoms with Crippen molar-refractivity contribution in [3.05, 3.63) is 0 Å². The van der Waals surface area contributed by atoms with E-state index in [0.717, 1.165) is 12.5 Å². The van der Waals surface area contributed by atoms with E-state index in [1.807, 2.05) is 0 Å².